The molecule has 2 aromatic carbocycles. The van der Waals surface area contributed by atoms with Gasteiger partial charge in [-0.15, -0.1) is 0 Å². The summed E-state index contributed by atoms with van der Waals surface area (Å²) in [4.78, 5) is 24.4. The van der Waals surface area contributed by atoms with Crippen LogP contribution in [0.25, 0.3) is 11.0 Å². The Morgan fingerprint density at radius 2 is 1.71 bits per heavy atom. The van der Waals surface area contributed by atoms with Crippen LogP contribution in [0.15, 0.2) is 46.9 Å². The quantitative estimate of drug-likeness (QED) is 0.578. The van der Waals surface area contributed by atoms with E-state index in [1.165, 1.54) is 6.92 Å². The number of furan rings is 1. The van der Waals surface area contributed by atoms with E-state index >= 15 is 0 Å². The summed E-state index contributed by atoms with van der Waals surface area (Å²) in [5.74, 6) is 0.534. The maximum absolute atomic E-state index is 13.0. The average Bonchev–Trinajstić information content (AvgIpc) is 2.91. The van der Waals surface area contributed by atoms with Crippen molar-refractivity contribution in [2.45, 2.75) is 26.7 Å². The molecule has 0 unspecified atom stereocenters. The van der Waals surface area contributed by atoms with Gasteiger partial charge in [0, 0.05) is 28.0 Å². The van der Waals surface area contributed by atoms with E-state index in [9.17, 15) is 9.59 Å². The first-order valence-corrected chi connectivity index (χ1v) is 8.25. The Balaban J connectivity index is 2.12. The molecule has 0 atom stereocenters. The highest BCUT2D eigenvalue weighted by Gasteiger charge is 2.22. The maximum Gasteiger partial charge on any atom is 0.197 e. The van der Waals surface area contributed by atoms with Gasteiger partial charge < -0.3 is 4.42 Å². The zero-order valence-corrected chi connectivity index (χ0v) is 14.3. The van der Waals surface area contributed by atoms with Crippen molar-refractivity contribution in [2.75, 3.05) is 0 Å². The lowest BCUT2D eigenvalue weighted by molar-refractivity contribution is 0.101. The van der Waals surface area contributed by atoms with Gasteiger partial charge in [-0.1, -0.05) is 42.8 Å². The number of Topliss-reactive ketones (excluding diaryl/α,β-unsaturated/α-hetero) is 1. The summed E-state index contributed by atoms with van der Waals surface area (Å²) in [6, 6.07) is 12.0. The van der Waals surface area contributed by atoms with E-state index in [0.717, 1.165) is 11.8 Å². The van der Waals surface area contributed by atoms with E-state index in [0.29, 0.717) is 39.5 Å². The van der Waals surface area contributed by atoms with Gasteiger partial charge in [-0.2, -0.15) is 0 Å². The van der Waals surface area contributed by atoms with Gasteiger partial charge in [0.25, 0.3) is 0 Å². The lowest BCUT2D eigenvalue weighted by Gasteiger charge is -2.03. The third-order valence-electron chi connectivity index (χ3n) is 3.98. The van der Waals surface area contributed by atoms with Gasteiger partial charge in [0.1, 0.15) is 11.3 Å². The van der Waals surface area contributed by atoms with Crippen molar-refractivity contribution in [1.29, 1.82) is 0 Å². The Hall–Kier alpha value is -2.39. The van der Waals surface area contributed by atoms with Gasteiger partial charge in [-0.05, 0) is 31.5 Å². The second-order valence-corrected chi connectivity index (χ2v) is 6.19. The Labute approximate surface area is 145 Å². The Morgan fingerprint density at radius 3 is 2.33 bits per heavy atom. The largest absolute Gasteiger partial charge is 0.460 e. The molecule has 0 fully saturated rings. The van der Waals surface area contributed by atoms with Crippen molar-refractivity contribution < 1.29 is 14.0 Å². The van der Waals surface area contributed by atoms with Crippen molar-refractivity contribution in [3.05, 3.63) is 69.9 Å². The maximum atomic E-state index is 13.0. The number of ketones is 2. The number of benzene rings is 2. The first kappa shape index (κ1) is 16.5. The SMILES string of the molecule is CCCc1oc2ccc(Cl)cc2c1C(=O)c1ccc(C(C)=O)cc1. The summed E-state index contributed by atoms with van der Waals surface area (Å²) in [6.07, 6.45) is 1.55. The molecule has 1 heterocycles. The van der Waals surface area contributed by atoms with Crippen LogP contribution >= 0.6 is 11.6 Å². The fourth-order valence-electron chi connectivity index (χ4n) is 2.77. The highest BCUT2D eigenvalue weighted by atomic mass is 35.5. The monoisotopic (exact) mass is 340 g/mol. The van der Waals surface area contributed by atoms with Crippen LogP contribution in [0.5, 0.6) is 0 Å². The normalized spacial score (nSPS) is 11.0. The summed E-state index contributed by atoms with van der Waals surface area (Å²) < 4.78 is 5.87. The molecule has 0 radical (unpaired) electrons. The van der Waals surface area contributed by atoms with E-state index in [1.807, 2.05) is 6.92 Å². The van der Waals surface area contributed by atoms with Crippen LogP contribution in [-0.2, 0) is 6.42 Å². The molecule has 3 nitrogen and oxygen atoms in total. The molecule has 0 saturated carbocycles. The van der Waals surface area contributed by atoms with E-state index in [-0.39, 0.29) is 11.6 Å². The van der Waals surface area contributed by atoms with Crippen LogP contribution in [0.3, 0.4) is 0 Å². The Kier molecular flexibility index (Phi) is 4.54. The lowest BCUT2D eigenvalue weighted by Crippen LogP contribution is -2.04. The number of carbonyl (C=O) groups is 2. The minimum absolute atomic E-state index is 0.0267. The van der Waals surface area contributed by atoms with Crippen LogP contribution in [0.2, 0.25) is 5.02 Å². The van der Waals surface area contributed by atoms with Crippen LogP contribution in [0.4, 0.5) is 0 Å². The molecular formula is C20H17ClO3. The molecule has 3 aromatic rings. The average molecular weight is 341 g/mol. The highest BCUT2D eigenvalue weighted by Crippen LogP contribution is 2.31. The number of hydrogen-bond acceptors (Lipinski definition) is 3. The van der Waals surface area contributed by atoms with Crippen molar-refractivity contribution >= 4 is 34.1 Å². The van der Waals surface area contributed by atoms with Crippen molar-refractivity contribution in [3.8, 4) is 0 Å². The van der Waals surface area contributed by atoms with Crippen molar-refractivity contribution in [3.63, 3.8) is 0 Å². The van der Waals surface area contributed by atoms with E-state index in [2.05, 4.69) is 0 Å². The first-order valence-electron chi connectivity index (χ1n) is 7.88. The Morgan fingerprint density at radius 1 is 1.04 bits per heavy atom. The van der Waals surface area contributed by atoms with Crippen molar-refractivity contribution in [1.82, 2.24) is 0 Å². The molecule has 0 bridgehead atoms. The van der Waals surface area contributed by atoms with Crippen LogP contribution in [0.1, 0.15) is 52.3 Å². The molecule has 24 heavy (non-hydrogen) atoms. The number of aryl methyl sites for hydroxylation is 1. The molecule has 0 aliphatic heterocycles. The molecular weight excluding hydrogens is 324 g/mol. The van der Waals surface area contributed by atoms with Gasteiger partial charge in [-0.3, -0.25) is 9.59 Å². The van der Waals surface area contributed by atoms with Gasteiger partial charge in [0.05, 0.1) is 5.56 Å². The van der Waals surface area contributed by atoms with Crippen LogP contribution in [-0.4, -0.2) is 11.6 Å². The lowest BCUT2D eigenvalue weighted by atomic mass is 9.97. The number of carbonyl (C=O) groups excluding carboxylic acids is 2. The summed E-state index contributed by atoms with van der Waals surface area (Å²) in [6.45, 7) is 3.54. The molecule has 0 N–H and O–H groups in total. The molecule has 0 aliphatic carbocycles. The number of halogens is 1. The smallest absolute Gasteiger partial charge is 0.197 e. The van der Waals surface area contributed by atoms with Gasteiger partial charge in [-0.25, -0.2) is 0 Å². The second-order valence-electron chi connectivity index (χ2n) is 5.75. The third kappa shape index (κ3) is 3.00. The predicted molar refractivity (Wildman–Crippen MR) is 95.1 cm³/mol. The molecule has 0 amide bonds. The fourth-order valence-corrected chi connectivity index (χ4v) is 2.95. The zero-order valence-electron chi connectivity index (χ0n) is 13.6. The molecule has 1 aromatic heterocycles. The summed E-state index contributed by atoms with van der Waals surface area (Å²) in [5.41, 5.74) is 2.33. The van der Waals surface area contributed by atoms with Gasteiger partial charge >= 0.3 is 0 Å². The zero-order chi connectivity index (χ0) is 17.3. The second kappa shape index (κ2) is 6.62. The predicted octanol–water partition coefficient (Wildman–Crippen LogP) is 5.47. The highest BCUT2D eigenvalue weighted by molar-refractivity contribution is 6.31. The van der Waals surface area contributed by atoms with Crippen molar-refractivity contribution in [2.24, 2.45) is 0 Å². The Bertz CT molecular complexity index is 920. The summed E-state index contributed by atoms with van der Waals surface area (Å²) in [5, 5.41) is 1.29. The van der Waals surface area contributed by atoms with Crippen LogP contribution in [0, 0.1) is 0 Å². The number of fused-ring (bicyclic) bond motifs is 1. The van der Waals surface area contributed by atoms with E-state index < -0.39 is 0 Å². The molecule has 0 aliphatic rings. The standard InChI is InChI=1S/C20H17ClO3/c1-3-4-18-19(16-11-15(21)9-10-17(16)24-18)20(23)14-7-5-13(6-8-14)12(2)22/h5-11H,3-4H2,1-2H3. The molecule has 0 saturated heterocycles. The molecule has 0 spiro atoms. The number of hydrogen-bond donors (Lipinski definition) is 0. The van der Waals surface area contributed by atoms with Crippen LogP contribution < -0.4 is 0 Å². The van der Waals surface area contributed by atoms with Gasteiger partial charge in [0.15, 0.2) is 11.6 Å². The minimum atomic E-state index is -0.116. The van der Waals surface area contributed by atoms with E-state index in [4.69, 9.17) is 16.0 Å². The first-order chi connectivity index (χ1) is 11.5. The summed E-state index contributed by atoms with van der Waals surface area (Å²) >= 11 is 6.09. The van der Waals surface area contributed by atoms with E-state index in [1.54, 1.807) is 42.5 Å². The molecule has 122 valence electrons. The third-order valence-corrected chi connectivity index (χ3v) is 4.22. The summed E-state index contributed by atoms with van der Waals surface area (Å²) in [7, 11) is 0. The topological polar surface area (TPSA) is 47.3 Å². The molecule has 4 heteroatoms. The number of rotatable bonds is 5. The fraction of sp³-hybridized carbons (Fsp3) is 0.200. The minimum Gasteiger partial charge on any atom is -0.460 e. The van der Waals surface area contributed by atoms with Gasteiger partial charge in [0.2, 0.25) is 0 Å². The molecule has 3 rings (SSSR count).